The van der Waals surface area contributed by atoms with Gasteiger partial charge in [0.05, 0.1) is 6.04 Å². The van der Waals surface area contributed by atoms with E-state index in [4.69, 9.17) is 0 Å². The molecule has 2 aromatic rings. The molecule has 2 aromatic carbocycles. The molecule has 0 aliphatic heterocycles. The molecule has 0 amide bonds. The summed E-state index contributed by atoms with van der Waals surface area (Å²) in [4.78, 5) is 0. The lowest BCUT2D eigenvalue weighted by atomic mass is 9.93. The van der Waals surface area contributed by atoms with Gasteiger partial charge in [0.25, 0.3) is 0 Å². The summed E-state index contributed by atoms with van der Waals surface area (Å²) in [5.74, 6) is -0.210. The summed E-state index contributed by atoms with van der Waals surface area (Å²) in [6, 6.07) is 9.05. The zero-order chi connectivity index (χ0) is 14.9. The highest BCUT2D eigenvalue weighted by Crippen LogP contribution is 2.34. The van der Waals surface area contributed by atoms with Gasteiger partial charge in [-0.1, -0.05) is 44.0 Å². The van der Waals surface area contributed by atoms with E-state index in [1.165, 1.54) is 6.07 Å². The van der Waals surface area contributed by atoms with Crippen molar-refractivity contribution in [1.82, 2.24) is 5.32 Å². The summed E-state index contributed by atoms with van der Waals surface area (Å²) in [5.41, 5.74) is 3.98. The Labute approximate surface area is 135 Å². The zero-order valence-corrected chi connectivity index (χ0v) is 14.8. The second-order valence-corrected chi connectivity index (χ2v) is 6.52. The summed E-state index contributed by atoms with van der Waals surface area (Å²) in [6.07, 6.45) is 0. The number of rotatable bonds is 3. The standard InChI is InChI=1S/C16H16Br2FN/c1-9-8-13(18)10(2)7-11(9)16(20-3)15-12(17)5-4-6-14(15)19/h4-8,16,20H,1-3H3. The van der Waals surface area contributed by atoms with Gasteiger partial charge in [-0.3, -0.25) is 0 Å². The number of nitrogens with one attached hydrogen (secondary N) is 1. The van der Waals surface area contributed by atoms with Crippen molar-refractivity contribution in [3.8, 4) is 0 Å². The van der Waals surface area contributed by atoms with E-state index < -0.39 is 0 Å². The average Bonchev–Trinajstić information content (AvgIpc) is 2.39. The van der Waals surface area contributed by atoms with Crippen LogP contribution in [0, 0.1) is 19.7 Å². The molecule has 0 aromatic heterocycles. The molecule has 0 saturated heterocycles. The lowest BCUT2D eigenvalue weighted by molar-refractivity contribution is 0.572. The van der Waals surface area contributed by atoms with E-state index in [0.717, 1.165) is 25.6 Å². The lowest BCUT2D eigenvalue weighted by Crippen LogP contribution is -2.20. The van der Waals surface area contributed by atoms with E-state index in [1.807, 2.05) is 27.0 Å². The maximum Gasteiger partial charge on any atom is 0.129 e. The Kier molecular flexibility index (Phi) is 4.99. The van der Waals surface area contributed by atoms with Crippen LogP contribution in [-0.2, 0) is 0 Å². The third kappa shape index (κ3) is 2.97. The molecular formula is C16H16Br2FN. The molecule has 0 aliphatic carbocycles. The molecule has 0 spiro atoms. The SMILES string of the molecule is CNC(c1cc(C)c(Br)cc1C)c1c(F)cccc1Br. The maximum absolute atomic E-state index is 14.2. The van der Waals surface area contributed by atoms with Gasteiger partial charge in [-0.15, -0.1) is 0 Å². The minimum atomic E-state index is -0.210. The number of benzene rings is 2. The monoisotopic (exact) mass is 399 g/mol. The Morgan fingerprint density at radius 3 is 2.35 bits per heavy atom. The van der Waals surface area contributed by atoms with Crippen LogP contribution < -0.4 is 5.32 Å². The molecule has 1 atom stereocenters. The lowest BCUT2D eigenvalue weighted by Gasteiger charge is -2.22. The first-order chi connectivity index (χ1) is 9.45. The molecule has 0 radical (unpaired) electrons. The quantitative estimate of drug-likeness (QED) is 0.739. The second kappa shape index (κ2) is 6.37. The minimum Gasteiger partial charge on any atom is -0.309 e. The fraction of sp³-hybridized carbons (Fsp3) is 0.250. The Morgan fingerprint density at radius 1 is 1.05 bits per heavy atom. The van der Waals surface area contributed by atoms with Gasteiger partial charge in [0.15, 0.2) is 0 Å². The first kappa shape index (κ1) is 15.7. The van der Waals surface area contributed by atoms with Crippen LogP contribution in [0.2, 0.25) is 0 Å². The topological polar surface area (TPSA) is 12.0 Å². The van der Waals surface area contributed by atoms with Crippen molar-refractivity contribution in [2.45, 2.75) is 19.9 Å². The van der Waals surface area contributed by atoms with Crippen LogP contribution in [0.15, 0.2) is 39.3 Å². The Balaban J connectivity index is 2.62. The molecule has 0 fully saturated rings. The van der Waals surface area contributed by atoms with E-state index in [0.29, 0.717) is 5.56 Å². The van der Waals surface area contributed by atoms with Crippen molar-refractivity contribution in [2.24, 2.45) is 0 Å². The fourth-order valence-corrected chi connectivity index (χ4v) is 3.38. The third-order valence-corrected chi connectivity index (χ3v) is 4.98. The molecule has 0 saturated carbocycles. The van der Waals surface area contributed by atoms with Crippen LogP contribution in [-0.4, -0.2) is 7.05 Å². The van der Waals surface area contributed by atoms with Gasteiger partial charge in [-0.05, 0) is 55.8 Å². The van der Waals surface area contributed by atoms with Gasteiger partial charge >= 0.3 is 0 Å². The zero-order valence-electron chi connectivity index (χ0n) is 11.6. The molecule has 0 heterocycles. The van der Waals surface area contributed by atoms with E-state index >= 15 is 0 Å². The predicted molar refractivity (Wildman–Crippen MR) is 88.6 cm³/mol. The summed E-state index contributed by atoms with van der Waals surface area (Å²) in [7, 11) is 1.85. The van der Waals surface area contributed by atoms with E-state index in [-0.39, 0.29) is 11.9 Å². The maximum atomic E-state index is 14.2. The molecule has 106 valence electrons. The van der Waals surface area contributed by atoms with Crippen molar-refractivity contribution in [1.29, 1.82) is 0 Å². The van der Waals surface area contributed by atoms with Gasteiger partial charge in [-0.2, -0.15) is 0 Å². The smallest absolute Gasteiger partial charge is 0.129 e. The first-order valence-corrected chi connectivity index (χ1v) is 7.92. The van der Waals surface area contributed by atoms with E-state index in [1.54, 1.807) is 6.07 Å². The van der Waals surface area contributed by atoms with E-state index in [2.05, 4.69) is 49.3 Å². The molecule has 1 N–H and O–H groups in total. The molecule has 0 bridgehead atoms. The molecule has 0 aliphatic rings. The fourth-order valence-electron chi connectivity index (χ4n) is 2.36. The Morgan fingerprint density at radius 2 is 1.75 bits per heavy atom. The third-order valence-electron chi connectivity index (χ3n) is 3.44. The van der Waals surface area contributed by atoms with E-state index in [9.17, 15) is 4.39 Å². The highest BCUT2D eigenvalue weighted by atomic mass is 79.9. The van der Waals surface area contributed by atoms with Crippen LogP contribution in [0.3, 0.4) is 0 Å². The Bertz CT molecular complexity index is 620. The first-order valence-electron chi connectivity index (χ1n) is 6.33. The van der Waals surface area contributed by atoms with Gasteiger partial charge in [-0.25, -0.2) is 4.39 Å². The van der Waals surface area contributed by atoms with Crippen molar-refractivity contribution in [3.63, 3.8) is 0 Å². The van der Waals surface area contributed by atoms with Gasteiger partial charge in [0, 0.05) is 14.5 Å². The Hall–Kier alpha value is -0.710. The van der Waals surface area contributed by atoms with Crippen molar-refractivity contribution in [2.75, 3.05) is 7.05 Å². The van der Waals surface area contributed by atoms with Gasteiger partial charge in [0.2, 0.25) is 0 Å². The van der Waals surface area contributed by atoms with Gasteiger partial charge in [0.1, 0.15) is 5.82 Å². The average molecular weight is 401 g/mol. The molecule has 1 unspecified atom stereocenters. The van der Waals surface area contributed by atoms with Crippen LogP contribution in [0.5, 0.6) is 0 Å². The molecular weight excluding hydrogens is 385 g/mol. The number of hydrogen-bond donors (Lipinski definition) is 1. The summed E-state index contributed by atoms with van der Waals surface area (Å²) < 4.78 is 16.1. The summed E-state index contributed by atoms with van der Waals surface area (Å²) in [6.45, 7) is 4.08. The summed E-state index contributed by atoms with van der Waals surface area (Å²) in [5, 5.41) is 3.22. The predicted octanol–water partition coefficient (Wildman–Crippen LogP) is 5.28. The van der Waals surface area contributed by atoms with Gasteiger partial charge < -0.3 is 5.32 Å². The second-order valence-electron chi connectivity index (χ2n) is 4.82. The van der Waals surface area contributed by atoms with Crippen LogP contribution in [0.4, 0.5) is 4.39 Å². The minimum absolute atomic E-state index is 0.183. The van der Waals surface area contributed by atoms with Crippen molar-refractivity contribution >= 4 is 31.9 Å². The number of hydrogen-bond acceptors (Lipinski definition) is 1. The molecule has 20 heavy (non-hydrogen) atoms. The van der Waals surface area contributed by atoms with Crippen molar-refractivity contribution in [3.05, 3.63) is 67.3 Å². The highest BCUT2D eigenvalue weighted by Gasteiger charge is 2.21. The van der Waals surface area contributed by atoms with Crippen LogP contribution in [0.25, 0.3) is 0 Å². The van der Waals surface area contributed by atoms with Crippen molar-refractivity contribution < 1.29 is 4.39 Å². The van der Waals surface area contributed by atoms with Crippen LogP contribution in [0.1, 0.15) is 28.3 Å². The van der Waals surface area contributed by atoms with Crippen LogP contribution >= 0.6 is 31.9 Å². The molecule has 4 heteroatoms. The largest absolute Gasteiger partial charge is 0.309 e. The summed E-state index contributed by atoms with van der Waals surface area (Å²) >= 11 is 6.99. The normalized spacial score (nSPS) is 12.5. The number of aryl methyl sites for hydroxylation is 2. The molecule has 1 nitrogen and oxygen atoms in total. The highest BCUT2D eigenvalue weighted by molar-refractivity contribution is 9.10. The molecule has 2 rings (SSSR count). The number of halogens is 3.